The molecule has 0 aliphatic carbocycles. The van der Waals surface area contributed by atoms with Gasteiger partial charge < -0.3 is 14.8 Å². The van der Waals surface area contributed by atoms with Gasteiger partial charge in [0.15, 0.2) is 0 Å². The van der Waals surface area contributed by atoms with Crippen molar-refractivity contribution in [1.82, 2.24) is 14.8 Å². The van der Waals surface area contributed by atoms with Gasteiger partial charge in [0.25, 0.3) is 5.91 Å². The van der Waals surface area contributed by atoms with E-state index in [1.807, 2.05) is 52.5 Å². The lowest BCUT2D eigenvalue weighted by Gasteiger charge is -2.36. The minimum Gasteiger partial charge on any atom is -0.366 e. The van der Waals surface area contributed by atoms with E-state index in [4.69, 9.17) is 0 Å². The first-order chi connectivity index (χ1) is 13.2. The van der Waals surface area contributed by atoms with Crippen LogP contribution in [0.2, 0.25) is 0 Å². The highest BCUT2D eigenvalue weighted by Crippen LogP contribution is 2.27. The van der Waals surface area contributed by atoms with Crippen molar-refractivity contribution in [3.05, 3.63) is 48.3 Å². The number of nitrogens with one attached hydrogen (secondary N) is 1. The van der Waals surface area contributed by atoms with Gasteiger partial charge in [-0.05, 0) is 37.2 Å². The summed E-state index contributed by atoms with van der Waals surface area (Å²) < 4.78 is 0. The minimum atomic E-state index is 0.0996. The van der Waals surface area contributed by atoms with E-state index in [0.29, 0.717) is 18.2 Å². The van der Waals surface area contributed by atoms with Crippen LogP contribution in [-0.4, -0.2) is 52.8 Å². The van der Waals surface area contributed by atoms with Crippen molar-refractivity contribution >= 4 is 11.8 Å². The third-order valence-electron chi connectivity index (χ3n) is 5.86. The fraction of sp³-hybridized carbons (Fsp3) is 0.455. The number of carbonyl (C=O) groups excluding carboxylic acids is 2. The van der Waals surface area contributed by atoms with Gasteiger partial charge in [0.1, 0.15) is 0 Å². The Balaban J connectivity index is 1.37. The fourth-order valence-corrected chi connectivity index (χ4v) is 4.25. The number of aromatic nitrogens is 1. The predicted molar refractivity (Wildman–Crippen MR) is 105 cm³/mol. The van der Waals surface area contributed by atoms with Crippen LogP contribution < -0.4 is 0 Å². The first-order valence-electron chi connectivity index (χ1n) is 10.0. The van der Waals surface area contributed by atoms with Crippen LogP contribution in [-0.2, 0) is 4.79 Å². The summed E-state index contributed by atoms with van der Waals surface area (Å²) in [5.74, 6) is 0.915. The zero-order chi connectivity index (χ0) is 18.6. The van der Waals surface area contributed by atoms with E-state index >= 15 is 0 Å². The highest BCUT2D eigenvalue weighted by Gasteiger charge is 2.28. The van der Waals surface area contributed by atoms with Gasteiger partial charge in [0.2, 0.25) is 5.91 Å². The summed E-state index contributed by atoms with van der Waals surface area (Å²) in [6, 6.07) is 10.0. The minimum absolute atomic E-state index is 0.0996. The summed E-state index contributed by atoms with van der Waals surface area (Å²) in [6.45, 7) is 3.30. The molecule has 1 N–H and O–H groups in total. The zero-order valence-corrected chi connectivity index (χ0v) is 15.7. The third-order valence-corrected chi connectivity index (χ3v) is 5.86. The van der Waals surface area contributed by atoms with Crippen molar-refractivity contribution < 1.29 is 9.59 Å². The lowest BCUT2D eigenvalue weighted by Crippen LogP contribution is -2.44. The molecule has 0 atom stereocenters. The quantitative estimate of drug-likeness (QED) is 0.901. The SMILES string of the molecule is O=C1CCCCN1CC1CCN(C(=O)c2c[nH]cc2-c2ccccc2)CC1. The summed E-state index contributed by atoms with van der Waals surface area (Å²) in [5, 5.41) is 0. The molecule has 4 rings (SSSR count). The monoisotopic (exact) mass is 365 g/mol. The van der Waals surface area contributed by atoms with Crippen molar-refractivity contribution in [3.63, 3.8) is 0 Å². The summed E-state index contributed by atoms with van der Waals surface area (Å²) in [7, 11) is 0. The van der Waals surface area contributed by atoms with Gasteiger partial charge in [-0.15, -0.1) is 0 Å². The number of aromatic amines is 1. The van der Waals surface area contributed by atoms with Crippen LogP contribution in [0.1, 0.15) is 42.5 Å². The summed E-state index contributed by atoms with van der Waals surface area (Å²) >= 11 is 0. The van der Waals surface area contributed by atoms with E-state index in [9.17, 15) is 9.59 Å². The number of hydrogen-bond donors (Lipinski definition) is 1. The maximum Gasteiger partial charge on any atom is 0.256 e. The number of benzene rings is 1. The Hall–Kier alpha value is -2.56. The Morgan fingerprint density at radius 2 is 1.81 bits per heavy atom. The smallest absolute Gasteiger partial charge is 0.256 e. The number of H-pyrrole nitrogens is 1. The Morgan fingerprint density at radius 1 is 1.04 bits per heavy atom. The van der Waals surface area contributed by atoms with Gasteiger partial charge in [0.05, 0.1) is 5.56 Å². The van der Waals surface area contributed by atoms with Crippen molar-refractivity contribution in [2.24, 2.45) is 5.92 Å². The van der Waals surface area contributed by atoms with E-state index in [-0.39, 0.29) is 5.91 Å². The van der Waals surface area contributed by atoms with Gasteiger partial charge in [-0.3, -0.25) is 9.59 Å². The molecular weight excluding hydrogens is 338 g/mol. The number of carbonyl (C=O) groups is 2. The van der Waals surface area contributed by atoms with Crippen molar-refractivity contribution in [1.29, 1.82) is 0 Å². The summed E-state index contributed by atoms with van der Waals surface area (Å²) in [4.78, 5) is 32.2. The van der Waals surface area contributed by atoms with Crippen LogP contribution in [0.25, 0.3) is 11.1 Å². The molecule has 5 heteroatoms. The van der Waals surface area contributed by atoms with E-state index in [1.54, 1.807) is 0 Å². The van der Waals surface area contributed by atoms with Gasteiger partial charge in [0, 0.05) is 50.6 Å². The highest BCUT2D eigenvalue weighted by molar-refractivity contribution is 6.00. The fourth-order valence-electron chi connectivity index (χ4n) is 4.25. The van der Waals surface area contributed by atoms with E-state index in [2.05, 4.69) is 4.98 Å². The topological polar surface area (TPSA) is 56.4 Å². The molecule has 2 aliphatic heterocycles. The van der Waals surface area contributed by atoms with E-state index in [0.717, 1.165) is 68.6 Å². The molecule has 142 valence electrons. The average Bonchev–Trinajstić information content (AvgIpc) is 3.20. The maximum atomic E-state index is 13.0. The van der Waals surface area contributed by atoms with Gasteiger partial charge in [-0.25, -0.2) is 0 Å². The number of nitrogens with zero attached hydrogens (tertiary/aromatic N) is 2. The number of hydrogen-bond acceptors (Lipinski definition) is 2. The van der Waals surface area contributed by atoms with Gasteiger partial charge in [-0.2, -0.15) is 0 Å². The van der Waals surface area contributed by atoms with Crippen LogP contribution >= 0.6 is 0 Å². The average molecular weight is 365 g/mol. The molecule has 2 saturated heterocycles. The molecule has 2 amide bonds. The summed E-state index contributed by atoms with van der Waals surface area (Å²) in [6.07, 6.45) is 8.51. The molecule has 5 nitrogen and oxygen atoms in total. The molecule has 1 aromatic carbocycles. The molecule has 27 heavy (non-hydrogen) atoms. The highest BCUT2D eigenvalue weighted by atomic mass is 16.2. The van der Waals surface area contributed by atoms with Gasteiger partial charge >= 0.3 is 0 Å². The van der Waals surface area contributed by atoms with Crippen LogP contribution in [0.5, 0.6) is 0 Å². The normalized spacial score (nSPS) is 18.7. The molecule has 2 aromatic rings. The molecule has 0 spiro atoms. The lowest BCUT2D eigenvalue weighted by molar-refractivity contribution is -0.134. The second kappa shape index (κ2) is 7.99. The summed E-state index contributed by atoms with van der Waals surface area (Å²) in [5.41, 5.74) is 2.76. The number of rotatable bonds is 4. The number of amides is 2. The predicted octanol–water partition coefficient (Wildman–Crippen LogP) is 3.55. The second-order valence-corrected chi connectivity index (χ2v) is 7.68. The van der Waals surface area contributed by atoms with Crippen LogP contribution in [0.3, 0.4) is 0 Å². The molecule has 1 aromatic heterocycles. The maximum absolute atomic E-state index is 13.0. The third kappa shape index (κ3) is 3.92. The van der Waals surface area contributed by atoms with Crippen molar-refractivity contribution in [2.75, 3.05) is 26.2 Å². The van der Waals surface area contributed by atoms with Crippen LogP contribution in [0, 0.1) is 5.92 Å². The van der Waals surface area contributed by atoms with Gasteiger partial charge in [-0.1, -0.05) is 30.3 Å². The molecule has 3 heterocycles. The first-order valence-corrected chi connectivity index (χ1v) is 10.0. The molecule has 0 radical (unpaired) electrons. The second-order valence-electron chi connectivity index (χ2n) is 7.68. The molecule has 2 fully saturated rings. The Kier molecular flexibility index (Phi) is 5.28. The zero-order valence-electron chi connectivity index (χ0n) is 15.7. The molecule has 0 bridgehead atoms. The Morgan fingerprint density at radius 3 is 2.56 bits per heavy atom. The standard InChI is InChI=1S/C22H27N3O2/c26-21-8-4-5-11-25(21)16-17-9-12-24(13-10-17)22(27)20-15-23-14-19(20)18-6-2-1-3-7-18/h1-3,6-7,14-15,17,23H,4-5,8-13,16H2. The van der Waals surface area contributed by atoms with Crippen molar-refractivity contribution in [3.8, 4) is 11.1 Å². The number of piperidine rings is 2. The van der Waals surface area contributed by atoms with E-state index < -0.39 is 0 Å². The van der Waals surface area contributed by atoms with Crippen LogP contribution in [0.15, 0.2) is 42.7 Å². The Labute approximate surface area is 160 Å². The van der Waals surface area contributed by atoms with Crippen molar-refractivity contribution in [2.45, 2.75) is 32.1 Å². The van der Waals surface area contributed by atoms with E-state index in [1.165, 1.54) is 0 Å². The molecular formula is C22H27N3O2. The Bertz CT molecular complexity index is 791. The largest absolute Gasteiger partial charge is 0.366 e. The van der Waals surface area contributed by atoms with Crippen LogP contribution in [0.4, 0.5) is 0 Å². The molecule has 0 saturated carbocycles. The lowest BCUT2D eigenvalue weighted by atomic mass is 9.94. The molecule has 2 aliphatic rings. The number of likely N-dealkylation sites (tertiary alicyclic amines) is 2. The first kappa shape index (κ1) is 17.8. The molecule has 0 unspecified atom stereocenters.